The Kier molecular flexibility index (Phi) is 3.07. The Morgan fingerprint density at radius 2 is 2.50 bits per heavy atom. The van der Waals surface area contributed by atoms with Gasteiger partial charge in [-0.05, 0) is 25.2 Å². The van der Waals surface area contributed by atoms with E-state index in [1.54, 1.807) is 0 Å². The van der Waals surface area contributed by atoms with E-state index >= 15 is 0 Å². The molecule has 0 aromatic heterocycles. The van der Waals surface area contributed by atoms with Gasteiger partial charge in [0.2, 0.25) is 0 Å². The van der Waals surface area contributed by atoms with Gasteiger partial charge < -0.3 is 9.84 Å². The van der Waals surface area contributed by atoms with Crippen LogP contribution in [0.5, 0.6) is 0 Å². The Balaban J connectivity index is 2.57. The molecule has 2 atom stereocenters. The van der Waals surface area contributed by atoms with E-state index in [9.17, 15) is 0 Å². The van der Waals surface area contributed by atoms with Crippen LogP contribution in [0.15, 0.2) is 0 Å². The second-order valence-electron chi connectivity index (χ2n) is 3.37. The number of aliphatic hydroxyl groups is 1. The van der Waals surface area contributed by atoms with Crippen molar-refractivity contribution in [3.05, 3.63) is 0 Å². The van der Waals surface area contributed by atoms with E-state index in [2.05, 4.69) is 6.07 Å². The van der Waals surface area contributed by atoms with Crippen LogP contribution in [-0.4, -0.2) is 23.9 Å². The third-order valence-corrected chi connectivity index (χ3v) is 2.62. The van der Waals surface area contributed by atoms with Gasteiger partial charge in [-0.1, -0.05) is 6.92 Å². The molecule has 3 nitrogen and oxygen atoms in total. The molecule has 0 amide bonds. The van der Waals surface area contributed by atoms with Gasteiger partial charge >= 0.3 is 0 Å². The topological polar surface area (TPSA) is 53.2 Å². The molecule has 0 spiro atoms. The molecule has 3 heteroatoms. The minimum Gasteiger partial charge on any atom is -0.394 e. The van der Waals surface area contributed by atoms with Gasteiger partial charge in [-0.3, -0.25) is 0 Å². The zero-order chi connectivity index (χ0) is 9.03. The van der Waals surface area contributed by atoms with Gasteiger partial charge in [-0.2, -0.15) is 5.26 Å². The van der Waals surface area contributed by atoms with E-state index in [0.717, 1.165) is 19.3 Å². The van der Waals surface area contributed by atoms with Crippen LogP contribution >= 0.6 is 0 Å². The Hall–Kier alpha value is -0.590. The number of ether oxygens (including phenoxy) is 1. The highest BCUT2D eigenvalue weighted by Crippen LogP contribution is 2.37. The first kappa shape index (κ1) is 9.50. The molecule has 1 aliphatic rings. The molecule has 1 N–H and O–H groups in total. The minimum absolute atomic E-state index is 0.00382. The van der Waals surface area contributed by atoms with E-state index < -0.39 is 5.60 Å². The third-order valence-electron chi connectivity index (χ3n) is 2.62. The molecule has 0 heterocycles. The number of nitriles is 1. The van der Waals surface area contributed by atoms with Gasteiger partial charge in [-0.15, -0.1) is 0 Å². The van der Waals surface area contributed by atoms with E-state index in [1.165, 1.54) is 0 Å². The number of hydrogen-bond donors (Lipinski definition) is 1. The van der Waals surface area contributed by atoms with Gasteiger partial charge in [0.15, 0.2) is 5.60 Å². The molecule has 0 bridgehead atoms. The Bertz CT molecular complexity index is 187. The molecule has 0 aliphatic heterocycles. The lowest BCUT2D eigenvalue weighted by Crippen LogP contribution is -2.34. The highest BCUT2D eigenvalue weighted by molar-refractivity contribution is 5.08. The fraction of sp³-hybridized carbons (Fsp3) is 0.889. The lowest BCUT2D eigenvalue weighted by molar-refractivity contribution is -0.0387. The number of aliphatic hydroxyl groups excluding tert-OH is 1. The van der Waals surface area contributed by atoms with Crippen molar-refractivity contribution in [3.63, 3.8) is 0 Å². The van der Waals surface area contributed by atoms with Crippen molar-refractivity contribution in [2.24, 2.45) is 5.92 Å². The van der Waals surface area contributed by atoms with Crippen LogP contribution < -0.4 is 0 Å². The molecule has 0 saturated heterocycles. The molecular formula is C9H15NO2. The normalized spacial score (nSPS) is 34.9. The van der Waals surface area contributed by atoms with Crippen molar-refractivity contribution in [3.8, 4) is 6.07 Å². The van der Waals surface area contributed by atoms with Crippen LogP contribution in [0.25, 0.3) is 0 Å². The van der Waals surface area contributed by atoms with Crippen molar-refractivity contribution in [2.45, 2.75) is 31.8 Å². The number of nitrogens with zero attached hydrogens (tertiary/aromatic N) is 1. The van der Waals surface area contributed by atoms with Crippen LogP contribution in [0.2, 0.25) is 0 Å². The molecule has 1 fully saturated rings. The average molecular weight is 169 g/mol. The SMILES string of the molecule is CC1CCCC1(C#N)OCCO. The molecule has 0 aromatic carbocycles. The lowest BCUT2D eigenvalue weighted by Gasteiger charge is -2.25. The first-order valence-electron chi connectivity index (χ1n) is 4.41. The van der Waals surface area contributed by atoms with Crippen molar-refractivity contribution in [1.29, 1.82) is 5.26 Å². The second kappa shape index (κ2) is 3.88. The maximum absolute atomic E-state index is 8.96. The Morgan fingerprint density at radius 1 is 1.75 bits per heavy atom. The summed E-state index contributed by atoms with van der Waals surface area (Å²) in [5, 5.41) is 17.5. The number of hydrogen-bond acceptors (Lipinski definition) is 3. The predicted molar refractivity (Wildman–Crippen MR) is 44.4 cm³/mol. The van der Waals surface area contributed by atoms with E-state index in [4.69, 9.17) is 15.1 Å². The third kappa shape index (κ3) is 1.60. The van der Waals surface area contributed by atoms with E-state index in [0.29, 0.717) is 5.92 Å². The van der Waals surface area contributed by atoms with E-state index in [1.807, 2.05) is 6.92 Å². The van der Waals surface area contributed by atoms with Gasteiger partial charge in [-0.25, -0.2) is 0 Å². The fourth-order valence-corrected chi connectivity index (χ4v) is 1.79. The van der Waals surface area contributed by atoms with Crippen molar-refractivity contribution in [2.75, 3.05) is 13.2 Å². The molecule has 1 aliphatic carbocycles. The Morgan fingerprint density at radius 3 is 2.92 bits per heavy atom. The van der Waals surface area contributed by atoms with E-state index in [-0.39, 0.29) is 13.2 Å². The summed E-state index contributed by atoms with van der Waals surface area (Å²) in [7, 11) is 0. The zero-order valence-corrected chi connectivity index (χ0v) is 7.42. The molecule has 0 aromatic rings. The first-order valence-corrected chi connectivity index (χ1v) is 4.41. The van der Waals surface area contributed by atoms with Crippen LogP contribution in [0.4, 0.5) is 0 Å². The smallest absolute Gasteiger partial charge is 0.156 e. The fourth-order valence-electron chi connectivity index (χ4n) is 1.79. The van der Waals surface area contributed by atoms with Gasteiger partial charge in [0, 0.05) is 0 Å². The summed E-state index contributed by atoms with van der Waals surface area (Å²) in [6, 6.07) is 2.23. The van der Waals surface area contributed by atoms with Gasteiger partial charge in [0.1, 0.15) is 0 Å². The van der Waals surface area contributed by atoms with Gasteiger partial charge in [0.25, 0.3) is 0 Å². The molecule has 1 saturated carbocycles. The first-order chi connectivity index (χ1) is 5.75. The van der Waals surface area contributed by atoms with Crippen LogP contribution in [0.3, 0.4) is 0 Å². The average Bonchev–Trinajstić information content (AvgIpc) is 2.45. The zero-order valence-electron chi connectivity index (χ0n) is 7.42. The molecule has 68 valence electrons. The monoisotopic (exact) mass is 169 g/mol. The van der Waals surface area contributed by atoms with Crippen LogP contribution in [-0.2, 0) is 4.74 Å². The number of rotatable bonds is 3. The summed E-state index contributed by atoms with van der Waals surface area (Å²) in [5.74, 6) is 0.300. The summed E-state index contributed by atoms with van der Waals surface area (Å²) in [6.45, 7) is 2.31. The molecular weight excluding hydrogens is 154 g/mol. The standard InChI is InChI=1S/C9H15NO2/c1-8-3-2-4-9(8,7-10)12-6-5-11/h8,11H,2-6H2,1H3. The Labute approximate surface area is 73.0 Å². The maximum Gasteiger partial charge on any atom is 0.156 e. The molecule has 1 rings (SSSR count). The van der Waals surface area contributed by atoms with Crippen LogP contribution in [0, 0.1) is 17.2 Å². The summed E-state index contributed by atoms with van der Waals surface area (Å²) in [6.07, 6.45) is 2.92. The second-order valence-corrected chi connectivity index (χ2v) is 3.37. The van der Waals surface area contributed by atoms with Crippen LogP contribution in [0.1, 0.15) is 26.2 Å². The summed E-state index contributed by atoms with van der Waals surface area (Å²) in [5.41, 5.74) is -0.608. The molecule has 12 heavy (non-hydrogen) atoms. The molecule has 2 unspecified atom stereocenters. The van der Waals surface area contributed by atoms with Crippen molar-refractivity contribution < 1.29 is 9.84 Å². The van der Waals surface area contributed by atoms with Crippen molar-refractivity contribution >= 4 is 0 Å². The summed E-state index contributed by atoms with van der Waals surface area (Å²) in [4.78, 5) is 0. The largest absolute Gasteiger partial charge is 0.394 e. The quantitative estimate of drug-likeness (QED) is 0.687. The predicted octanol–water partition coefficient (Wildman–Crippen LogP) is 1.08. The van der Waals surface area contributed by atoms with Gasteiger partial charge in [0.05, 0.1) is 19.3 Å². The summed E-state index contributed by atoms with van der Waals surface area (Å²) < 4.78 is 5.39. The maximum atomic E-state index is 8.96. The highest BCUT2D eigenvalue weighted by atomic mass is 16.5. The summed E-state index contributed by atoms with van der Waals surface area (Å²) >= 11 is 0. The highest BCUT2D eigenvalue weighted by Gasteiger charge is 2.41. The minimum atomic E-state index is -0.608. The lowest BCUT2D eigenvalue weighted by atomic mass is 9.94. The molecule has 0 radical (unpaired) electrons. The van der Waals surface area contributed by atoms with Crippen molar-refractivity contribution in [1.82, 2.24) is 0 Å².